The highest BCUT2D eigenvalue weighted by Gasteiger charge is 2.13. The summed E-state index contributed by atoms with van der Waals surface area (Å²) >= 11 is 0. The van der Waals surface area contributed by atoms with E-state index < -0.39 is 0 Å². The Balaban J connectivity index is 1.59. The number of ether oxygens (including phenoxy) is 2. The first-order chi connectivity index (χ1) is 9.74. The van der Waals surface area contributed by atoms with E-state index in [0.717, 1.165) is 44.8 Å². The van der Waals surface area contributed by atoms with Crippen LogP contribution in [0.5, 0.6) is 5.75 Å². The van der Waals surface area contributed by atoms with Crippen molar-refractivity contribution in [2.75, 3.05) is 26.4 Å². The van der Waals surface area contributed by atoms with Gasteiger partial charge in [-0.15, -0.1) is 0 Å². The largest absolute Gasteiger partial charge is 0.484 e. The minimum Gasteiger partial charge on any atom is -0.484 e. The van der Waals surface area contributed by atoms with Crippen LogP contribution in [0.1, 0.15) is 24.8 Å². The number of benzene rings is 1. The smallest absolute Gasteiger partial charge is 0.257 e. The van der Waals surface area contributed by atoms with Crippen LogP contribution in [0.15, 0.2) is 24.3 Å². The molecule has 0 radical (unpaired) electrons. The van der Waals surface area contributed by atoms with E-state index in [0.29, 0.717) is 5.92 Å². The molecule has 1 aromatic rings. The summed E-state index contributed by atoms with van der Waals surface area (Å²) < 4.78 is 10.7. The average Bonchev–Trinajstić information content (AvgIpc) is 2.48. The molecule has 4 nitrogen and oxygen atoms in total. The molecular weight excluding hydrogens is 254 g/mol. The molecule has 1 aliphatic rings. The maximum atomic E-state index is 11.7. The second-order valence-electron chi connectivity index (χ2n) is 5.30. The molecule has 0 aromatic heterocycles. The zero-order valence-electron chi connectivity index (χ0n) is 12.1. The lowest BCUT2D eigenvalue weighted by Gasteiger charge is -2.21. The highest BCUT2D eigenvalue weighted by Crippen LogP contribution is 2.17. The van der Waals surface area contributed by atoms with Gasteiger partial charge in [-0.1, -0.05) is 17.7 Å². The molecule has 0 saturated carbocycles. The summed E-state index contributed by atoms with van der Waals surface area (Å²) in [6.07, 6.45) is 3.24. The lowest BCUT2D eigenvalue weighted by Crippen LogP contribution is -2.31. The molecular formula is C16H23NO3. The second kappa shape index (κ2) is 7.90. The fraction of sp³-hybridized carbons (Fsp3) is 0.562. The molecule has 1 aliphatic heterocycles. The first-order valence-corrected chi connectivity index (χ1v) is 7.28. The fourth-order valence-corrected chi connectivity index (χ4v) is 2.29. The van der Waals surface area contributed by atoms with Gasteiger partial charge in [-0.2, -0.15) is 0 Å². The molecule has 0 bridgehead atoms. The van der Waals surface area contributed by atoms with E-state index in [9.17, 15) is 4.79 Å². The minimum atomic E-state index is -0.0577. The zero-order chi connectivity index (χ0) is 14.2. The van der Waals surface area contributed by atoms with Crippen molar-refractivity contribution in [2.45, 2.75) is 26.2 Å². The number of hydrogen-bond donors (Lipinski definition) is 1. The predicted molar refractivity (Wildman–Crippen MR) is 77.8 cm³/mol. The van der Waals surface area contributed by atoms with E-state index in [4.69, 9.17) is 9.47 Å². The van der Waals surface area contributed by atoms with Crippen LogP contribution in [0.2, 0.25) is 0 Å². The molecule has 1 amide bonds. The molecule has 0 unspecified atom stereocenters. The highest BCUT2D eigenvalue weighted by atomic mass is 16.5. The maximum absolute atomic E-state index is 11.7. The number of hydrogen-bond acceptors (Lipinski definition) is 3. The first kappa shape index (κ1) is 14.9. The number of nitrogens with one attached hydrogen (secondary N) is 1. The number of aryl methyl sites for hydroxylation is 1. The van der Waals surface area contributed by atoms with Gasteiger partial charge in [0, 0.05) is 19.8 Å². The number of carbonyl (C=O) groups excluding carboxylic acids is 1. The first-order valence-electron chi connectivity index (χ1n) is 7.28. The number of rotatable bonds is 6. The summed E-state index contributed by atoms with van der Waals surface area (Å²) in [5.74, 6) is 1.36. The maximum Gasteiger partial charge on any atom is 0.257 e. The van der Waals surface area contributed by atoms with Gasteiger partial charge in [0.2, 0.25) is 0 Å². The lowest BCUT2D eigenvalue weighted by atomic mass is 9.97. The van der Waals surface area contributed by atoms with Gasteiger partial charge in [-0.3, -0.25) is 4.79 Å². The minimum absolute atomic E-state index is 0.0577. The average molecular weight is 277 g/mol. The van der Waals surface area contributed by atoms with E-state index >= 15 is 0 Å². The van der Waals surface area contributed by atoms with Crippen LogP contribution in [0.4, 0.5) is 0 Å². The van der Waals surface area contributed by atoms with E-state index in [1.54, 1.807) is 0 Å². The fourth-order valence-electron chi connectivity index (χ4n) is 2.29. The van der Waals surface area contributed by atoms with Crippen molar-refractivity contribution in [3.63, 3.8) is 0 Å². The van der Waals surface area contributed by atoms with Crippen LogP contribution in [0.25, 0.3) is 0 Å². The van der Waals surface area contributed by atoms with Crippen molar-refractivity contribution in [3.8, 4) is 5.75 Å². The van der Waals surface area contributed by atoms with Gasteiger partial charge in [0.05, 0.1) is 0 Å². The Morgan fingerprint density at radius 3 is 2.70 bits per heavy atom. The van der Waals surface area contributed by atoms with Gasteiger partial charge < -0.3 is 14.8 Å². The van der Waals surface area contributed by atoms with Crippen molar-refractivity contribution in [3.05, 3.63) is 29.8 Å². The lowest BCUT2D eigenvalue weighted by molar-refractivity contribution is -0.123. The summed E-state index contributed by atoms with van der Waals surface area (Å²) in [7, 11) is 0. The zero-order valence-corrected chi connectivity index (χ0v) is 12.1. The summed E-state index contributed by atoms with van der Waals surface area (Å²) in [5.41, 5.74) is 1.18. The Morgan fingerprint density at radius 1 is 1.30 bits per heavy atom. The summed E-state index contributed by atoms with van der Waals surface area (Å²) in [4.78, 5) is 11.7. The molecule has 1 fully saturated rings. The molecule has 0 aliphatic carbocycles. The Morgan fingerprint density at radius 2 is 2.00 bits per heavy atom. The van der Waals surface area contributed by atoms with Crippen molar-refractivity contribution in [1.29, 1.82) is 0 Å². The van der Waals surface area contributed by atoms with Crippen LogP contribution in [-0.2, 0) is 9.53 Å². The Kier molecular flexibility index (Phi) is 5.87. The summed E-state index contributed by atoms with van der Waals surface area (Å²) in [5, 5.41) is 2.91. The Labute approximate surface area is 120 Å². The Bertz CT molecular complexity index is 410. The molecule has 110 valence electrons. The topological polar surface area (TPSA) is 47.6 Å². The van der Waals surface area contributed by atoms with Gasteiger partial charge in [-0.25, -0.2) is 0 Å². The van der Waals surface area contributed by atoms with E-state index in [1.165, 1.54) is 5.56 Å². The van der Waals surface area contributed by atoms with E-state index in [1.807, 2.05) is 31.2 Å². The third-order valence-electron chi connectivity index (χ3n) is 3.61. The molecule has 0 spiro atoms. The van der Waals surface area contributed by atoms with Crippen molar-refractivity contribution in [2.24, 2.45) is 5.92 Å². The molecule has 1 N–H and O–H groups in total. The van der Waals surface area contributed by atoms with Gasteiger partial charge in [-0.05, 0) is 44.2 Å². The summed E-state index contributed by atoms with van der Waals surface area (Å²) in [6.45, 7) is 4.54. The number of carbonyl (C=O) groups is 1. The van der Waals surface area contributed by atoms with Crippen LogP contribution in [-0.4, -0.2) is 32.3 Å². The second-order valence-corrected chi connectivity index (χ2v) is 5.30. The van der Waals surface area contributed by atoms with E-state index in [-0.39, 0.29) is 12.5 Å². The van der Waals surface area contributed by atoms with Crippen LogP contribution >= 0.6 is 0 Å². The van der Waals surface area contributed by atoms with E-state index in [2.05, 4.69) is 5.32 Å². The summed E-state index contributed by atoms with van der Waals surface area (Å²) in [6, 6.07) is 7.70. The molecule has 1 aromatic carbocycles. The van der Waals surface area contributed by atoms with Gasteiger partial charge in [0.1, 0.15) is 5.75 Å². The van der Waals surface area contributed by atoms with Crippen molar-refractivity contribution < 1.29 is 14.3 Å². The standard InChI is InChI=1S/C16H23NO3/c1-13-2-4-15(5-3-13)20-12-16(18)17-9-6-14-7-10-19-11-8-14/h2-5,14H,6-12H2,1H3,(H,17,18). The van der Waals surface area contributed by atoms with Gasteiger partial charge >= 0.3 is 0 Å². The normalized spacial score (nSPS) is 15.8. The monoisotopic (exact) mass is 277 g/mol. The third kappa shape index (κ3) is 5.21. The van der Waals surface area contributed by atoms with Gasteiger partial charge in [0.15, 0.2) is 6.61 Å². The molecule has 20 heavy (non-hydrogen) atoms. The van der Waals surface area contributed by atoms with Crippen molar-refractivity contribution in [1.82, 2.24) is 5.32 Å². The highest BCUT2D eigenvalue weighted by molar-refractivity contribution is 5.77. The SMILES string of the molecule is Cc1ccc(OCC(=O)NCCC2CCOCC2)cc1. The molecule has 0 atom stereocenters. The van der Waals surface area contributed by atoms with Crippen LogP contribution in [0, 0.1) is 12.8 Å². The quantitative estimate of drug-likeness (QED) is 0.868. The molecule has 1 heterocycles. The third-order valence-corrected chi connectivity index (χ3v) is 3.61. The Hall–Kier alpha value is -1.55. The molecule has 4 heteroatoms. The molecule has 1 saturated heterocycles. The van der Waals surface area contributed by atoms with Gasteiger partial charge in [0.25, 0.3) is 5.91 Å². The van der Waals surface area contributed by atoms with Crippen LogP contribution < -0.4 is 10.1 Å². The molecule has 2 rings (SSSR count). The predicted octanol–water partition coefficient (Wildman–Crippen LogP) is 2.31. The van der Waals surface area contributed by atoms with Crippen LogP contribution in [0.3, 0.4) is 0 Å². The number of amides is 1. The van der Waals surface area contributed by atoms with Crippen molar-refractivity contribution >= 4 is 5.91 Å².